The molecule has 3 N–H and O–H groups in total. The quantitative estimate of drug-likeness (QED) is 0.691. The largest absolute Gasteiger partial charge is 0.334 e. The van der Waals surface area contributed by atoms with E-state index in [4.69, 9.17) is 18.0 Å². The number of hydrogen-bond donors (Lipinski definition) is 2. The second kappa shape index (κ2) is 2.94. The average molecular weight is 209 g/mol. The van der Waals surface area contributed by atoms with E-state index in [1.54, 1.807) is 0 Å². The van der Waals surface area contributed by atoms with Crippen LogP contribution in [0.15, 0.2) is 0 Å². The molecule has 1 atom stereocenters. The van der Waals surface area contributed by atoms with Gasteiger partial charge in [-0.1, -0.05) is 0 Å². The van der Waals surface area contributed by atoms with Gasteiger partial charge < -0.3 is 15.3 Å². The minimum Gasteiger partial charge on any atom is -0.334 e. The van der Waals surface area contributed by atoms with Gasteiger partial charge in [0, 0.05) is 29.9 Å². The molecule has 0 saturated heterocycles. The van der Waals surface area contributed by atoms with Crippen molar-refractivity contribution in [1.29, 1.82) is 0 Å². The molecule has 1 aromatic rings. The molecular formula is C10H15N3S. The van der Waals surface area contributed by atoms with Crippen molar-refractivity contribution in [2.75, 3.05) is 0 Å². The van der Waals surface area contributed by atoms with Crippen molar-refractivity contribution in [3.8, 4) is 0 Å². The first-order chi connectivity index (χ1) is 6.75. The summed E-state index contributed by atoms with van der Waals surface area (Å²) in [4.78, 5) is 3.31. The van der Waals surface area contributed by atoms with Gasteiger partial charge >= 0.3 is 0 Å². The van der Waals surface area contributed by atoms with Crippen LogP contribution < -0.4 is 5.73 Å². The number of nitrogens with one attached hydrogen (secondary N) is 1. The standard InChI is InChI=1S/C10H15N3S/c11-6-1-4-9-8(5-6)12-10(14)13(9)7-2-3-7/h6-7H,1-5,11H2,(H,12,14). The van der Waals surface area contributed by atoms with E-state index in [9.17, 15) is 0 Å². The fourth-order valence-electron chi connectivity index (χ4n) is 2.37. The number of aromatic nitrogens is 2. The van der Waals surface area contributed by atoms with Crippen LogP contribution >= 0.6 is 12.2 Å². The second-order valence-corrected chi connectivity index (χ2v) is 4.85. The van der Waals surface area contributed by atoms with Crippen molar-refractivity contribution in [2.45, 2.75) is 44.2 Å². The predicted octanol–water partition coefficient (Wildman–Crippen LogP) is 1.70. The van der Waals surface area contributed by atoms with Gasteiger partial charge in [0.05, 0.1) is 0 Å². The van der Waals surface area contributed by atoms with Crippen molar-refractivity contribution in [2.24, 2.45) is 5.73 Å². The van der Waals surface area contributed by atoms with Gasteiger partial charge in [-0.2, -0.15) is 0 Å². The molecule has 4 heteroatoms. The van der Waals surface area contributed by atoms with Crippen LogP contribution in [0.4, 0.5) is 0 Å². The summed E-state index contributed by atoms with van der Waals surface area (Å²) < 4.78 is 3.24. The van der Waals surface area contributed by atoms with E-state index < -0.39 is 0 Å². The maximum absolute atomic E-state index is 5.94. The van der Waals surface area contributed by atoms with Gasteiger partial charge in [-0.25, -0.2) is 0 Å². The lowest BCUT2D eigenvalue weighted by molar-refractivity contribution is 0.543. The Bertz CT molecular complexity index is 413. The van der Waals surface area contributed by atoms with E-state index >= 15 is 0 Å². The predicted molar refractivity (Wildman–Crippen MR) is 57.9 cm³/mol. The van der Waals surface area contributed by atoms with Crippen LogP contribution in [0.3, 0.4) is 0 Å². The van der Waals surface area contributed by atoms with Gasteiger partial charge in [0.1, 0.15) is 0 Å². The van der Waals surface area contributed by atoms with Crippen LogP contribution in [-0.2, 0) is 12.8 Å². The number of rotatable bonds is 1. The molecule has 0 aliphatic heterocycles. The number of imidazole rings is 1. The first kappa shape index (κ1) is 8.68. The lowest BCUT2D eigenvalue weighted by atomic mass is 9.97. The topological polar surface area (TPSA) is 46.7 Å². The highest BCUT2D eigenvalue weighted by Gasteiger charge is 2.30. The zero-order valence-corrected chi connectivity index (χ0v) is 8.94. The molecule has 1 unspecified atom stereocenters. The Morgan fingerprint density at radius 1 is 1.36 bits per heavy atom. The molecule has 1 saturated carbocycles. The lowest BCUT2D eigenvalue weighted by Gasteiger charge is -2.19. The molecule has 2 aliphatic rings. The molecule has 0 radical (unpaired) electrons. The molecule has 1 aromatic heterocycles. The van der Waals surface area contributed by atoms with Gasteiger partial charge in [0.25, 0.3) is 0 Å². The summed E-state index contributed by atoms with van der Waals surface area (Å²) in [5.74, 6) is 0. The summed E-state index contributed by atoms with van der Waals surface area (Å²) in [6, 6.07) is 1.01. The van der Waals surface area contributed by atoms with Crippen LogP contribution in [-0.4, -0.2) is 15.6 Å². The lowest BCUT2D eigenvalue weighted by Crippen LogP contribution is -2.28. The normalized spacial score (nSPS) is 26.2. The van der Waals surface area contributed by atoms with E-state index in [2.05, 4.69) is 9.55 Å². The van der Waals surface area contributed by atoms with Gasteiger partial charge in [0.15, 0.2) is 4.77 Å². The summed E-state index contributed by atoms with van der Waals surface area (Å²) in [5.41, 5.74) is 8.66. The number of fused-ring (bicyclic) bond motifs is 1. The number of H-pyrrole nitrogens is 1. The third-order valence-electron chi connectivity index (χ3n) is 3.25. The van der Waals surface area contributed by atoms with Crippen molar-refractivity contribution >= 4 is 12.2 Å². The molecule has 14 heavy (non-hydrogen) atoms. The number of aromatic amines is 1. The van der Waals surface area contributed by atoms with Crippen LogP contribution in [0.2, 0.25) is 0 Å². The van der Waals surface area contributed by atoms with Gasteiger partial charge in [-0.15, -0.1) is 0 Å². The van der Waals surface area contributed by atoms with Crippen LogP contribution in [0, 0.1) is 4.77 Å². The Kier molecular flexibility index (Phi) is 1.82. The SMILES string of the molecule is NC1CCc2c([nH]c(=S)n2C2CC2)C1. The average Bonchev–Trinajstić information content (AvgIpc) is 2.89. The van der Waals surface area contributed by atoms with Crippen molar-refractivity contribution in [3.63, 3.8) is 0 Å². The van der Waals surface area contributed by atoms with E-state index in [0.717, 1.165) is 24.0 Å². The Morgan fingerprint density at radius 2 is 2.14 bits per heavy atom. The fraction of sp³-hybridized carbons (Fsp3) is 0.700. The maximum Gasteiger partial charge on any atom is 0.177 e. The third-order valence-corrected chi connectivity index (χ3v) is 3.54. The van der Waals surface area contributed by atoms with E-state index in [1.165, 1.54) is 24.2 Å². The molecule has 0 amide bonds. The Balaban J connectivity index is 2.09. The summed E-state index contributed by atoms with van der Waals surface area (Å²) >= 11 is 5.34. The smallest absolute Gasteiger partial charge is 0.177 e. The Morgan fingerprint density at radius 3 is 2.86 bits per heavy atom. The van der Waals surface area contributed by atoms with Gasteiger partial charge in [-0.05, 0) is 37.9 Å². The van der Waals surface area contributed by atoms with Crippen LogP contribution in [0.25, 0.3) is 0 Å². The maximum atomic E-state index is 5.94. The number of nitrogens with two attached hydrogens (primary N) is 1. The number of hydrogen-bond acceptors (Lipinski definition) is 2. The van der Waals surface area contributed by atoms with Crippen molar-refractivity contribution < 1.29 is 0 Å². The first-order valence-electron chi connectivity index (χ1n) is 5.33. The molecule has 1 heterocycles. The molecule has 3 rings (SSSR count). The molecule has 0 aromatic carbocycles. The molecule has 0 spiro atoms. The third kappa shape index (κ3) is 1.25. The highest BCUT2D eigenvalue weighted by atomic mass is 32.1. The summed E-state index contributed by atoms with van der Waals surface area (Å²) in [5, 5.41) is 0. The number of nitrogens with zero attached hydrogens (tertiary/aromatic N) is 1. The molecular weight excluding hydrogens is 194 g/mol. The summed E-state index contributed by atoms with van der Waals surface area (Å²) in [7, 11) is 0. The minimum atomic E-state index is 0.322. The highest BCUT2D eigenvalue weighted by molar-refractivity contribution is 7.71. The van der Waals surface area contributed by atoms with E-state index in [-0.39, 0.29) is 0 Å². The van der Waals surface area contributed by atoms with Crippen molar-refractivity contribution in [1.82, 2.24) is 9.55 Å². The minimum absolute atomic E-state index is 0.322. The van der Waals surface area contributed by atoms with Gasteiger partial charge in [-0.3, -0.25) is 0 Å². The van der Waals surface area contributed by atoms with E-state index in [0.29, 0.717) is 12.1 Å². The zero-order chi connectivity index (χ0) is 9.71. The van der Waals surface area contributed by atoms with Crippen LogP contribution in [0.1, 0.15) is 36.7 Å². The molecule has 76 valence electrons. The van der Waals surface area contributed by atoms with E-state index in [1.807, 2.05) is 0 Å². The molecule has 2 aliphatic carbocycles. The molecule has 3 nitrogen and oxygen atoms in total. The van der Waals surface area contributed by atoms with Gasteiger partial charge in [0.2, 0.25) is 0 Å². The zero-order valence-electron chi connectivity index (χ0n) is 8.12. The summed E-state index contributed by atoms with van der Waals surface area (Å²) in [6.45, 7) is 0. The first-order valence-corrected chi connectivity index (χ1v) is 5.74. The van der Waals surface area contributed by atoms with Crippen molar-refractivity contribution in [3.05, 3.63) is 16.2 Å². The Labute approximate surface area is 88.3 Å². The Hall–Kier alpha value is -0.610. The monoisotopic (exact) mass is 209 g/mol. The molecule has 1 fully saturated rings. The molecule has 0 bridgehead atoms. The summed E-state index contributed by atoms with van der Waals surface area (Å²) in [6.07, 6.45) is 5.76. The van der Waals surface area contributed by atoms with Crippen LogP contribution in [0.5, 0.6) is 0 Å². The second-order valence-electron chi connectivity index (χ2n) is 4.46. The highest BCUT2D eigenvalue weighted by Crippen LogP contribution is 2.38. The fourth-order valence-corrected chi connectivity index (χ4v) is 2.76.